The van der Waals surface area contributed by atoms with Crippen LogP contribution >= 0.6 is 31.9 Å². The minimum absolute atomic E-state index is 0.367. The van der Waals surface area contributed by atoms with Gasteiger partial charge < -0.3 is 9.47 Å². The van der Waals surface area contributed by atoms with Crippen molar-refractivity contribution in [3.63, 3.8) is 0 Å². The van der Waals surface area contributed by atoms with E-state index >= 15 is 0 Å². The molecule has 134 valence electrons. The van der Waals surface area contributed by atoms with Gasteiger partial charge in [-0.3, -0.25) is 0 Å². The van der Waals surface area contributed by atoms with Gasteiger partial charge in [-0.2, -0.15) is 0 Å². The monoisotopic (exact) mass is 457 g/mol. The van der Waals surface area contributed by atoms with Gasteiger partial charge in [-0.25, -0.2) is 4.98 Å². The van der Waals surface area contributed by atoms with Crippen molar-refractivity contribution in [3.8, 4) is 0 Å². The molecule has 0 saturated heterocycles. The van der Waals surface area contributed by atoms with Crippen LogP contribution in [0.1, 0.15) is 65.5 Å². The topological polar surface area (TPSA) is 21.1 Å². The molecule has 0 spiro atoms. The fraction of sp³-hybridized carbons (Fsp3) is 0.632. The maximum absolute atomic E-state index is 5.11. The summed E-state index contributed by atoms with van der Waals surface area (Å²) in [6.45, 7) is 14.5. The van der Waals surface area contributed by atoms with Crippen molar-refractivity contribution in [2.45, 2.75) is 72.9 Å². The normalized spacial score (nSPS) is 11.9. The van der Waals surface area contributed by atoms with Crippen LogP contribution in [0.3, 0.4) is 0 Å². The average Bonchev–Trinajstić information content (AvgIpc) is 2.92. The van der Waals surface area contributed by atoms with E-state index in [4.69, 9.17) is 4.98 Å². The number of anilines is 1. The first-order chi connectivity index (χ1) is 11.4. The minimum atomic E-state index is 0.367. The molecule has 0 atom stereocenters. The van der Waals surface area contributed by atoms with Gasteiger partial charge in [0.05, 0.1) is 11.0 Å². The third kappa shape index (κ3) is 3.52. The molecular weight excluding hydrogens is 430 g/mol. The fourth-order valence-electron chi connectivity index (χ4n) is 3.44. The molecule has 1 heterocycles. The number of hydrogen-bond donors (Lipinski definition) is 0. The lowest BCUT2D eigenvalue weighted by molar-refractivity contribution is 0.517. The van der Waals surface area contributed by atoms with E-state index in [9.17, 15) is 0 Å². The molecular formula is C19H29Br2N3. The van der Waals surface area contributed by atoms with Gasteiger partial charge in [0.15, 0.2) is 0 Å². The Balaban J connectivity index is 2.76. The van der Waals surface area contributed by atoms with Gasteiger partial charge in [0.2, 0.25) is 5.95 Å². The van der Waals surface area contributed by atoms with E-state index in [-0.39, 0.29) is 0 Å². The molecule has 5 heteroatoms. The van der Waals surface area contributed by atoms with Crippen LogP contribution in [-0.2, 0) is 0 Å². The Bertz CT molecular complexity index is 702. The zero-order chi connectivity index (χ0) is 18.0. The van der Waals surface area contributed by atoms with Crippen LogP contribution in [0, 0.1) is 6.92 Å². The lowest BCUT2D eigenvalue weighted by Crippen LogP contribution is -2.37. The van der Waals surface area contributed by atoms with Gasteiger partial charge in [-0.05, 0) is 83.5 Å². The molecule has 0 amide bonds. The van der Waals surface area contributed by atoms with Crippen LogP contribution in [0.4, 0.5) is 5.95 Å². The number of halogens is 2. The molecule has 0 saturated carbocycles. The SMILES string of the molecule is CCCN(c1nc2c(C)c(Br)c(Br)cc2n1C(C)C)C(CC)CC. The van der Waals surface area contributed by atoms with E-state index < -0.39 is 0 Å². The fourth-order valence-corrected chi connectivity index (χ4v) is 4.26. The zero-order valence-electron chi connectivity index (χ0n) is 15.7. The van der Waals surface area contributed by atoms with Crippen LogP contribution in [0.2, 0.25) is 0 Å². The highest BCUT2D eigenvalue weighted by Gasteiger charge is 2.24. The maximum atomic E-state index is 5.11. The third-order valence-electron chi connectivity index (χ3n) is 4.71. The van der Waals surface area contributed by atoms with Gasteiger partial charge in [0.25, 0.3) is 0 Å². The van der Waals surface area contributed by atoms with Crippen molar-refractivity contribution < 1.29 is 0 Å². The molecule has 0 N–H and O–H groups in total. The van der Waals surface area contributed by atoms with Crippen molar-refractivity contribution in [3.05, 3.63) is 20.6 Å². The highest BCUT2D eigenvalue weighted by atomic mass is 79.9. The summed E-state index contributed by atoms with van der Waals surface area (Å²) in [5.41, 5.74) is 3.50. The molecule has 0 aliphatic heterocycles. The van der Waals surface area contributed by atoms with Crippen LogP contribution in [-0.4, -0.2) is 22.1 Å². The van der Waals surface area contributed by atoms with Gasteiger partial charge in [-0.1, -0.05) is 20.8 Å². The first-order valence-corrected chi connectivity index (χ1v) is 10.6. The smallest absolute Gasteiger partial charge is 0.207 e. The number of hydrogen-bond acceptors (Lipinski definition) is 2. The van der Waals surface area contributed by atoms with E-state index in [0.29, 0.717) is 12.1 Å². The second-order valence-corrected chi connectivity index (χ2v) is 8.35. The Hall–Kier alpha value is -0.550. The van der Waals surface area contributed by atoms with Crippen molar-refractivity contribution in [1.29, 1.82) is 0 Å². The Labute approximate surface area is 163 Å². The summed E-state index contributed by atoms with van der Waals surface area (Å²) in [5, 5.41) is 0. The molecule has 3 nitrogen and oxygen atoms in total. The Morgan fingerprint density at radius 1 is 1.17 bits per heavy atom. The summed E-state index contributed by atoms with van der Waals surface area (Å²) >= 11 is 7.37. The first kappa shape index (κ1) is 19.8. The quantitative estimate of drug-likeness (QED) is 0.451. The van der Waals surface area contributed by atoms with Gasteiger partial charge in [-0.15, -0.1) is 0 Å². The van der Waals surface area contributed by atoms with E-state index in [0.717, 1.165) is 46.2 Å². The average molecular weight is 459 g/mol. The number of benzene rings is 1. The molecule has 0 unspecified atom stereocenters. The summed E-state index contributed by atoms with van der Waals surface area (Å²) in [4.78, 5) is 7.62. The van der Waals surface area contributed by atoms with Crippen LogP contribution in [0.15, 0.2) is 15.0 Å². The molecule has 0 aliphatic rings. The second-order valence-electron chi connectivity index (χ2n) is 6.70. The number of aromatic nitrogens is 2. The third-order valence-corrected chi connectivity index (χ3v) is 6.89. The summed E-state index contributed by atoms with van der Waals surface area (Å²) in [6, 6.07) is 3.09. The molecule has 2 rings (SSSR count). The zero-order valence-corrected chi connectivity index (χ0v) is 18.8. The van der Waals surface area contributed by atoms with Crippen LogP contribution < -0.4 is 4.90 Å². The van der Waals surface area contributed by atoms with E-state index in [2.05, 4.69) is 88.9 Å². The summed E-state index contributed by atoms with van der Waals surface area (Å²) < 4.78 is 4.58. The first-order valence-electron chi connectivity index (χ1n) is 9.00. The van der Waals surface area contributed by atoms with Crippen molar-refractivity contribution in [2.75, 3.05) is 11.4 Å². The molecule has 0 fully saturated rings. The van der Waals surface area contributed by atoms with Gasteiger partial charge in [0, 0.05) is 27.6 Å². The standard InChI is InChI=1S/C19H29Br2N3/c1-7-10-23(14(8-2)9-3)19-22-18-13(6)17(21)15(20)11-16(18)24(19)12(4)5/h11-12,14H,7-10H2,1-6H3. The van der Waals surface area contributed by atoms with E-state index in [1.807, 2.05) is 0 Å². The second kappa shape index (κ2) is 8.22. The van der Waals surface area contributed by atoms with Gasteiger partial charge >= 0.3 is 0 Å². The molecule has 0 aliphatic carbocycles. The predicted octanol–water partition coefficient (Wildman–Crippen LogP) is 6.86. The number of aryl methyl sites for hydroxylation is 1. The summed E-state index contributed by atoms with van der Waals surface area (Å²) in [5.74, 6) is 1.11. The van der Waals surface area contributed by atoms with Crippen molar-refractivity contribution in [2.24, 2.45) is 0 Å². The number of nitrogens with zero attached hydrogens (tertiary/aromatic N) is 3. The predicted molar refractivity (Wildman–Crippen MR) is 112 cm³/mol. The Morgan fingerprint density at radius 3 is 2.29 bits per heavy atom. The summed E-state index contributed by atoms with van der Waals surface area (Å²) in [6.07, 6.45) is 3.42. The largest absolute Gasteiger partial charge is 0.339 e. The molecule has 0 radical (unpaired) electrons. The lowest BCUT2D eigenvalue weighted by atomic mass is 10.1. The summed E-state index contributed by atoms with van der Waals surface area (Å²) in [7, 11) is 0. The highest BCUT2D eigenvalue weighted by molar-refractivity contribution is 9.13. The van der Waals surface area contributed by atoms with Gasteiger partial charge in [0.1, 0.15) is 0 Å². The lowest BCUT2D eigenvalue weighted by Gasteiger charge is -2.32. The molecule has 1 aromatic heterocycles. The number of fused-ring (bicyclic) bond motifs is 1. The molecule has 2 aromatic rings. The van der Waals surface area contributed by atoms with Crippen LogP contribution in [0.5, 0.6) is 0 Å². The maximum Gasteiger partial charge on any atom is 0.207 e. The van der Waals surface area contributed by atoms with Crippen LogP contribution in [0.25, 0.3) is 11.0 Å². The number of imidazole rings is 1. The van der Waals surface area contributed by atoms with Crippen molar-refractivity contribution >= 4 is 48.8 Å². The Kier molecular flexibility index (Phi) is 6.77. The van der Waals surface area contributed by atoms with E-state index in [1.165, 1.54) is 11.1 Å². The molecule has 1 aromatic carbocycles. The van der Waals surface area contributed by atoms with E-state index in [1.54, 1.807) is 0 Å². The molecule has 24 heavy (non-hydrogen) atoms. The Morgan fingerprint density at radius 2 is 1.79 bits per heavy atom. The molecule has 0 bridgehead atoms. The highest BCUT2D eigenvalue weighted by Crippen LogP contribution is 2.37. The van der Waals surface area contributed by atoms with Crippen molar-refractivity contribution in [1.82, 2.24) is 9.55 Å². The number of rotatable bonds is 7. The minimum Gasteiger partial charge on any atom is -0.339 e.